The molecule has 0 spiro atoms. The molecule has 2 rings (SSSR count). The number of hydrogen-bond donors (Lipinski definition) is 1. The average Bonchev–Trinajstić information content (AvgIpc) is 2.78. The van der Waals surface area contributed by atoms with Crippen LogP contribution in [0.3, 0.4) is 0 Å². The molecule has 0 atom stereocenters. The van der Waals surface area contributed by atoms with E-state index in [0.717, 1.165) is 47.8 Å². The van der Waals surface area contributed by atoms with Crippen molar-refractivity contribution in [3.63, 3.8) is 0 Å². The van der Waals surface area contributed by atoms with Crippen molar-refractivity contribution in [3.05, 3.63) is 45.8 Å². The number of ether oxygens (including phenoxy) is 1. The van der Waals surface area contributed by atoms with Gasteiger partial charge < -0.3 is 14.6 Å². The van der Waals surface area contributed by atoms with Gasteiger partial charge in [0.15, 0.2) is 0 Å². The Balaban J connectivity index is 2.11. The summed E-state index contributed by atoms with van der Waals surface area (Å²) in [6.45, 7) is 8.05. The van der Waals surface area contributed by atoms with E-state index in [-0.39, 0.29) is 0 Å². The summed E-state index contributed by atoms with van der Waals surface area (Å²) in [6.07, 6.45) is 1.09. The zero-order chi connectivity index (χ0) is 15.2. The summed E-state index contributed by atoms with van der Waals surface area (Å²) in [5.41, 5.74) is 2.88. The van der Waals surface area contributed by atoms with Crippen LogP contribution in [0.15, 0.2) is 22.7 Å². The van der Waals surface area contributed by atoms with Crippen molar-refractivity contribution in [2.45, 2.75) is 40.3 Å². The molecule has 2 aromatic rings. The predicted octanol–water partition coefficient (Wildman–Crippen LogP) is 4.02. The van der Waals surface area contributed by atoms with Crippen LogP contribution in [0.25, 0.3) is 0 Å². The SMILES string of the molecule is CCCNCc1cccc(Cl)c1OCc1c(C)noc1C. The number of para-hydroxylation sites is 1. The maximum absolute atomic E-state index is 6.27. The highest BCUT2D eigenvalue weighted by atomic mass is 35.5. The fourth-order valence-corrected chi connectivity index (χ4v) is 2.36. The van der Waals surface area contributed by atoms with Crippen molar-refractivity contribution in [2.24, 2.45) is 0 Å². The lowest BCUT2D eigenvalue weighted by atomic mass is 10.2. The van der Waals surface area contributed by atoms with Gasteiger partial charge in [-0.3, -0.25) is 0 Å². The minimum atomic E-state index is 0.408. The van der Waals surface area contributed by atoms with E-state index in [2.05, 4.69) is 17.4 Å². The molecule has 0 unspecified atom stereocenters. The van der Waals surface area contributed by atoms with Crippen molar-refractivity contribution in [1.82, 2.24) is 10.5 Å². The summed E-state index contributed by atoms with van der Waals surface area (Å²) in [5.74, 6) is 1.51. The van der Waals surface area contributed by atoms with Gasteiger partial charge in [0.2, 0.25) is 0 Å². The van der Waals surface area contributed by atoms with Crippen molar-refractivity contribution in [3.8, 4) is 5.75 Å². The van der Waals surface area contributed by atoms with Crippen LogP contribution >= 0.6 is 11.6 Å². The van der Waals surface area contributed by atoms with Crippen LogP contribution < -0.4 is 10.1 Å². The van der Waals surface area contributed by atoms with Gasteiger partial charge in [0.1, 0.15) is 18.1 Å². The summed E-state index contributed by atoms with van der Waals surface area (Å²) in [4.78, 5) is 0. The molecule has 114 valence electrons. The van der Waals surface area contributed by atoms with Gasteiger partial charge in [-0.25, -0.2) is 0 Å². The average molecular weight is 309 g/mol. The molecule has 0 saturated heterocycles. The first-order valence-electron chi connectivity index (χ1n) is 7.16. The lowest BCUT2D eigenvalue weighted by molar-refractivity contribution is 0.298. The highest BCUT2D eigenvalue weighted by Crippen LogP contribution is 2.30. The topological polar surface area (TPSA) is 47.3 Å². The third kappa shape index (κ3) is 3.99. The maximum Gasteiger partial charge on any atom is 0.142 e. The number of hydrogen-bond acceptors (Lipinski definition) is 4. The summed E-state index contributed by atoms with van der Waals surface area (Å²) < 4.78 is 11.1. The Bertz CT molecular complexity index is 576. The number of aromatic nitrogens is 1. The smallest absolute Gasteiger partial charge is 0.142 e. The maximum atomic E-state index is 6.27. The first-order valence-corrected chi connectivity index (χ1v) is 7.54. The first-order chi connectivity index (χ1) is 10.1. The third-order valence-corrected chi connectivity index (χ3v) is 3.63. The molecular weight excluding hydrogens is 288 g/mol. The Kier molecular flexibility index (Phi) is 5.65. The van der Waals surface area contributed by atoms with Crippen LogP contribution in [0.1, 0.15) is 35.9 Å². The van der Waals surface area contributed by atoms with Gasteiger partial charge in [0.25, 0.3) is 0 Å². The second-order valence-electron chi connectivity index (χ2n) is 5.00. The van der Waals surface area contributed by atoms with E-state index in [9.17, 15) is 0 Å². The van der Waals surface area contributed by atoms with Crippen molar-refractivity contribution in [2.75, 3.05) is 6.54 Å². The van der Waals surface area contributed by atoms with E-state index >= 15 is 0 Å². The molecule has 1 heterocycles. The Morgan fingerprint density at radius 1 is 1.33 bits per heavy atom. The molecule has 0 saturated carbocycles. The molecule has 0 aliphatic carbocycles. The number of aryl methyl sites for hydroxylation is 2. The molecule has 4 nitrogen and oxygen atoms in total. The van der Waals surface area contributed by atoms with Crippen LogP contribution in [-0.2, 0) is 13.2 Å². The molecular formula is C16H21ClN2O2. The van der Waals surface area contributed by atoms with Crippen molar-refractivity contribution < 1.29 is 9.26 Å². The predicted molar refractivity (Wildman–Crippen MR) is 83.8 cm³/mol. The Morgan fingerprint density at radius 3 is 2.81 bits per heavy atom. The van der Waals surface area contributed by atoms with Gasteiger partial charge >= 0.3 is 0 Å². The molecule has 5 heteroatoms. The zero-order valence-electron chi connectivity index (χ0n) is 12.7. The minimum absolute atomic E-state index is 0.408. The standard InChI is InChI=1S/C16H21ClN2O2/c1-4-8-18-9-13-6-5-7-15(17)16(13)20-10-14-11(2)19-21-12(14)3/h5-7,18H,4,8-10H2,1-3H3. The summed E-state index contributed by atoms with van der Waals surface area (Å²) >= 11 is 6.27. The van der Waals surface area contributed by atoms with Crippen LogP contribution in [0.5, 0.6) is 5.75 Å². The molecule has 0 aliphatic heterocycles. The van der Waals surface area contributed by atoms with Crippen LogP contribution in [0, 0.1) is 13.8 Å². The second kappa shape index (κ2) is 7.48. The molecule has 0 fully saturated rings. The lowest BCUT2D eigenvalue weighted by Gasteiger charge is -2.13. The molecule has 1 aromatic heterocycles. The van der Waals surface area contributed by atoms with Gasteiger partial charge in [0, 0.05) is 12.1 Å². The zero-order valence-corrected chi connectivity index (χ0v) is 13.5. The quantitative estimate of drug-likeness (QED) is 0.785. The molecule has 0 aliphatic rings. The number of nitrogens with zero attached hydrogens (tertiary/aromatic N) is 1. The minimum Gasteiger partial charge on any atom is -0.487 e. The second-order valence-corrected chi connectivity index (χ2v) is 5.40. The first kappa shape index (κ1) is 15.9. The number of halogens is 1. The Morgan fingerprint density at radius 2 is 2.14 bits per heavy atom. The molecule has 21 heavy (non-hydrogen) atoms. The van der Waals surface area contributed by atoms with Crippen LogP contribution in [0.2, 0.25) is 5.02 Å². The number of benzene rings is 1. The highest BCUT2D eigenvalue weighted by Gasteiger charge is 2.13. The highest BCUT2D eigenvalue weighted by molar-refractivity contribution is 6.32. The van der Waals surface area contributed by atoms with E-state index in [1.807, 2.05) is 32.0 Å². The Hall–Kier alpha value is -1.52. The van der Waals surface area contributed by atoms with Gasteiger partial charge in [-0.05, 0) is 32.9 Å². The van der Waals surface area contributed by atoms with E-state index < -0.39 is 0 Å². The monoisotopic (exact) mass is 308 g/mol. The van der Waals surface area contributed by atoms with Crippen molar-refractivity contribution in [1.29, 1.82) is 0 Å². The molecule has 0 amide bonds. The van der Waals surface area contributed by atoms with Crippen molar-refractivity contribution >= 4 is 11.6 Å². The third-order valence-electron chi connectivity index (χ3n) is 3.33. The molecule has 1 N–H and O–H groups in total. The Labute approximate surface area is 130 Å². The number of rotatable bonds is 7. The van der Waals surface area contributed by atoms with E-state index in [0.29, 0.717) is 11.6 Å². The summed E-state index contributed by atoms with van der Waals surface area (Å²) in [5, 5.41) is 7.92. The van der Waals surface area contributed by atoms with Gasteiger partial charge in [0.05, 0.1) is 16.3 Å². The normalized spacial score (nSPS) is 10.9. The van der Waals surface area contributed by atoms with E-state index in [4.69, 9.17) is 20.9 Å². The van der Waals surface area contributed by atoms with E-state index in [1.54, 1.807) is 0 Å². The van der Waals surface area contributed by atoms with Gasteiger partial charge in [-0.1, -0.05) is 35.8 Å². The molecule has 0 bridgehead atoms. The fraction of sp³-hybridized carbons (Fsp3) is 0.438. The summed E-state index contributed by atoms with van der Waals surface area (Å²) in [7, 11) is 0. The fourth-order valence-electron chi connectivity index (χ4n) is 2.11. The van der Waals surface area contributed by atoms with Crippen LogP contribution in [0.4, 0.5) is 0 Å². The van der Waals surface area contributed by atoms with Gasteiger partial charge in [-0.2, -0.15) is 0 Å². The molecule has 1 aromatic carbocycles. The largest absolute Gasteiger partial charge is 0.487 e. The van der Waals surface area contributed by atoms with E-state index in [1.165, 1.54) is 0 Å². The van der Waals surface area contributed by atoms with Crippen LogP contribution in [-0.4, -0.2) is 11.7 Å². The number of nitrogens with one attached hydrogen (secondary N) is 1. The van der Waals surface area contributed by atoms with Gasteiger partial charge in [-0.15, -0.1) is 0 Å². The molecule has 0 radical (unpaired) electrons. The lowest BCUT2D eigenvalue weighted by Crippen LogP contribution is -2.14. The summed E-state index contributed by atoms with van der Waals surface area (Å²) in [6, 6.07) is 5.80.